The second-order valence-corrected chi connectivity index (χ2v) is 5.57. The summed E-state index contributed by atoms with van der Waals surface area (Å²) in [6.45, 7) is 3.84. The van der Waals surface area contributed by atoms with E-state index in [2.05, 4.69) is 22.1 Å². The van der Waals surface area contributed by atoms with Gasteiger partial charge in [-0.15, -0.1) is 11.3 Å². The summed E-state index contributed by atoms with van der Waals surface area (Å²) in [5.74, 6) is 6.20. The number of nitrogens with zero attached hydrogens (tertiary/aromatic N) is 1. The van der Waals surface area contributed by atoms with Gasteiger partial charge in [0.15, 0.2) is 0 Å². The first kappa shape index (κ1) is 15.2. The minimum Gasteiger partial charge on any atom is -0.395 e. The number of hydrogen-bond donors (Lipinski definition) is 2. The van der Waals surface area contributed by atoms with Crippen molar-refractivity contribution in [3.05, 3.63) is 45.3 Å². The molecule has 0 bridgehead atoms. The molecule has 2 aromatic rings. The van der Waals surface area contributed by atoms with Gasteiger partial charge in [0.2, 0.25) is 0 Å². The van der Waals surface area contributed by atoms with E-state index in [1.54, 1.807) is 6.07 Å². The predicted octanol–water partition coefficient (Wildman–Crippen LogP) is 2.75. The monoisotopic (exact) mass is 300 g/mol. The molecule has 5 heteroatoms. The molecule has 2 N–H and O–H groups in total. The molecule has 0 radical (unpaired) electrons. The number of nitrogens with one attached hydrogen (secondary N) is 1. The van der Waals surface area contributed by atoms with Gasteiger partial charge >= 0.3 is 0 Å². The Hall–Kier alpha value is -2.16. The van der Waals surface area contributed by atoms with E-state index in [1.807, 2.05) is 32.0 Å². The van der Waals surface area contributed by atoms with Crippen molar-refractivity contribution in [1.29, 1.82) is 0 Å². The molecule has 0 aliphatic heterocycles. The van der Waals surface area contributed by atoms with Crippen molar-refractivity contribution in [2.75, 3.05) is 11.9 Å². The number of amides is 1. The number of carbonyl (C=O) groups excluding carboxylic acids is 1. The van der Waals surface area contributed by atoms with Gasteiger partial charge in [0, 0.05) is 12.1 Å². The molecule has 0 saturated carbocycles. The molecule has 0 atom stereocenters. The van der Waals surface area contributed by atoms with E-state index < -0.39 is 0 Å². The molecule has 0 fully saturated rings. The molecule has 0 aliphatic carbocycles. The number of aliphatic hydroxyl groups excluding tert-OH is 1. The highest BCUT2D eigenvalue weighted by molar-refractivity contribution is 7.14. The van der Waals surface area contributed by atoms with E-state index in [4.69, 9.17) is 5.11 Å². The van der Waals surface area contributed by atoms with E-state index in [9.17, 15) is 4.79 Å². The van der Waals surface area contributed by atoms with Crippen molar-refractivity contribution in [2.24, 2.45) is 0 Å². The van der Waals surface area contributed by atoms with Crippen LogP contribution in [0.15, 0.2) is 24.3 Å². The molecule has 2 heterocycles. The van der Waals surface area contributed by atoms with Crippen molar-refractivity contribution >= 4 is 23.1 Å². The summed E-state index contributed by atoms with van der Waals surface area (Å²) >= 11 is 1.35. The highest BCUT2D eigenvalue weighted by atomic mass is 32.1. The zero-order valence-electron chi connectivity index (χ0n) is 11.9. The first-order valence-electron chi connectivity index (χ1n) is 6.55. The van der Waals surface area contributed by atoms with E-state index in [0.717, 1.165) is 16.1 Å². The van der Waals surface area contributed by atoms with Gasteiger partial charge in [-0.05, 0) is 37.6 Å². The van der Waals surface area contributed by atoms with Gasteiger partial charge in [-0.3, -0.25) is 4.79 Å². The predicted molar refractivity (Wildman–Crippen MR) is 84.6 cm³/mol. The Bertz CT molecular complexity index is 711. The Morgan fingerprint density at radius 1 is 1.43 bits per heavy atom. The van der Waals surface area contributed by atoms with Crippen molar-refractivity contribution in [3.8, 4) is 11.8 Å². The molecular formula is C16H16N2O2S. The van der Waals surface area contributed by atoms with Gasteiger partial charge in [-0.1, -0.05) is 17.9 Å². The Kier molecular flexibility index (Phi) is 5.09. The van der Waals surface area contributed by atoms with Crippen LogP contribution in [0.1, 0.15) is 32.2 Å². The highest BCUT2D eigenvalue weighted by Gasteiger charge is 2.12. The number of aryl methyl sites for hydroxylation is 2. The maximum atomic E-state index is 12.2. The number of pyridine rings is 1. The van der Waals surface area contributed by atoms with Gasteiger partial charge in [-0.25, -0.2) is 4.98 Å². The standard InChI is InChI=1S/C16H16N2O2S/c1-11-10-14(21-13(11)7-3-4-9-19)16(20)18-15-8-5-6-12(2)17-15/h5-6,8,10,19H,4,9H2,1-2H3,(H,17,18,20). The lowest BCUT2D eigenvalue weighted by Gasteiger charge is -2.02. The second-order valence-electron chi connectivity index (χ2n) is 4.52. The van der Waals surface area contributed by atoms with Crippen LogP contribution in [0.2, 0.25) is 0 Å². The lowest BCUT2D eigenvalue weighted by Crippen LogP contribution is -2.11. The smallest absolute Gasteiger partial charge is 0.266 e. The molecule has 108 valence electrons. The number of aliphatic hydroxyl groups is 1. The molecular weight excluding hydrogens is 284 g/mol. The van der Waals surface area contributed by atoms with E-state index >= 15 is 0 Å². The van der Waals surface area contributed by atoms with Crippen LogP contribution in [0.4, 0.5) is 5.82 Å². The number of rotatable bonds is 3. The van der Waals surface area contributed by atoms with Crippen molar-refractivity contribution in [3.63, 3.8) is 0 Å². The summed E-state index contributed by atoms with van der Waals surface area (Å²) < 4.78 is 0. The summed E-state index contributed by atoms with van der Waals surface area (Å²) in [6, 6.07) is 7.30. The van der Waals surface area contributed by atoms with Gasteiger partial charge in [0.25, 0.3) is 5.91 Å². The van der Waals surface area contributed by atoms with Gasteiger partial charge in [0.05, 0.1) is 16.4 Å². The summed E-state index contributed by atoms with van der Waals surface area (Å²) in [6.07, 6.45) is 0.437. The zero-order valence-corrected chi connectivity index (χ0v) is 12.8. The SMILES string of the molecule is Cc1cccc(NC(=O)c2cc(C)c(C#CCCO)s2)n1. The number of anilines is 1. The number of aromatic nitrogens is 1. The molecule has 4 nitrogen and oxygen atoms in total. The van der Waals surface area contributed by atoms with Gasteiger partial charge < -0.3 is 10.4 Å². The molecule has 21 heavy (non-hydrogen) atoms. The fourth-order valence-electron chi connectivity index (χ4n) is 1.71. The van der Waals surface area contributed by atoms with Gasteiger partial charge in [-0.2, -0.15) is 0 Å². The van der Waals surface area contributed by atoms with Crippen LogP contribution in [0, 0.1) is 25.7 Å². The number of thiophene rings is 1. The fourth-order valence-corrected chi connectivity index (χ4v) is 2.65. The van der Waals surface area contributed by atoms with Gasteiger partial charge in [0.1, 0.15) is 5.82 Å². The lowest BCUT2D eigenvalue weighted by molar-refractivity contribution is 0.103. The maximum absolute atomic E-state index is 12.2. The third-order valence-electron chi connectivity index (χ3n) is 2.71. The molecule has 0 aromatic carbocycles. The topological polar surface area (TPSA) is 62.2 Å². The van der Waals surface area contributed by atoms with Crippen LogP contribution in [0.3, 0.4) is 0 Å². The fraction of sp³-hybridized carbons (Fsp3) is 0.250. The van der Waals surface area contributed by atoms with Crippen molar-refractivity contribution in [1.82, 2.24) is 4.98 Å². The number of hydrogen-bond acceptors (Lipinski definition) is 4. The van der Waals surface area contributed by atoms with Crippen LogP contribution in [0.25, 0.3) is 0 Å². The van der Waals surface area contributed by atoms with Crippen LogP contribution >= 0.6 is 11.3 Å². The maximum Gasteiger partial charge on any atom is 0.266 e. The summed E-state index contributed by atoms with van der Waals surface area (Å²) in [7, 11) is 0. The van der Waals surface area contributed by atoms with E-state index in [1.165, 1.54) is 11.3 Å². The minimum absolute atomic E-state index is 0.0454. The third-order valence-corrected chi connectivity index (χ3v) is 3.86. The summed E-state index contributed by atoms with van der Waals surface area (Å²) in [5, 5.41) is 11.5. The lowest BCUT2D eigenvalue weighted by atomic mass is 10.2. The average molecular weight is 300 g/mol. The zero-order chi connectivity index (χ0) is 15.2. The minimum atomic E-state index is -0.184. The summed E-state index contributed by atoms with van der Waals surface area (Å²) in [5.41, 5.74) is 1.82. The Morgan fingerprint density at radius 2 is 2.24 bits per heavy atom. The van der Waals surface area contributed by atoms with Crippen LogP contribution in [-0.4, -0.2) is 22.6 Å². The molecule has 2 aromatic heterocycles. The average Bonchev–Trinajstić information content (AvgIpc) is 2.81. The second kappa shape index (κ2) is 7.02. The quantitative estimate of drug-likeness (QED) is 0.857. The Labute approximate surface area is 127 Å². The first-order valence-corrected chi connectivity index (χ1v) is 7.37. The molecule has 0 spiro atoms. The summed E-state index contributed by atoms with van der Waals surface area (Å²) in [4.78, 5) is 17.9. The molecule has 1 amide bonds. The normalized spacial score (nSPS) is 9.86. The van der Waals surface area contributed by atoms with Crippen LogP contribution in [0.5, 0.6) is 0 Å². The Morgan fingerprint density at radius 3 is 2.95 bits per heavy atom. The van der Waals surface area contributed by atoms with Crippen molar-refractivity contribution in [2.45, 2.75) is 20.3 Å². The molecule has 0 saturated heterocycles. The molecule has 2 rings (SSSR count). The van der Waals surface area contributed by atoms with Crippen LogP contribution in [-0.2, 0) is 0 Å². The third kappa shape index (κ3) is 4.15. The van der Waals surface area contributed by atoms with Crippen LogP contribution < -0.4 is 5.32 Å². The molecule has 0 unspecified atom stereocenters. The number of carbonyl (C=O) groups is 1. The van der Waals surface area contributed by atoms with E-state index in [-0.39, 0.29) is 12.5 Å². The largest absolute Gasteiger partial charge is 0.395 e. The van der Waals surface area contributed by atoms with E-state index in [0.29, 0.717) is 17.1 Å². The van der Waals surface area contributed by atoms with Crippen molar-refractivity contribution < 1.29 is 9.90 Å². The Balaban J connectivity index is 2.13. The highest BCUT2D eigenvalue weighted by Crippen LogP contribution is 2.22. The molecule has 0 aliphatic rings. The first-order chi connectivity index (χ1) is 10.1.